The molecule has 4 atom stereocenters. The monoisotopic (exact) mass is 492 g/mol. The SMILES string of the molecule is [B]c1nc2c(N)ncnc2n1CC(O)C1OP(=O)(SCc2ccc([N+](=O)[O-])cc2)OCC1O. The maximum atomic E-state index is 13.1. The molecule has 1 aromatic carbocycles. The summed E-state index contributed by atoms with van der Waals surface area (Å²) in [5, 5.41) is 31.8. The number of anilines is 1. The molecule has 1 fully saturated rings. The number of fused-ring (bicyclic) bond motifs is 1. The van der Waals surface area contributed by atoms with Crippen LogP contribution in [0.3, 0.4) is 0 Å². The summed E-state index contributed by atoms with van der Waals surface area (Å²) >= 11 is 0.844. The number of hydrogen-bond donors (Lipinski definition) is 3. The van der Waals surface area contributed by atoms with Crippen LogP contribution in [-0.2, 0) is 25.9 Å². The van der Waals surface area contributed by atoms with E-state index in [0.29, 0.717) is 5.56 Å². The lowest BCUT2D eigenvalue weighted by Gasteiger charge is -2.35. The summed E-state index contributed by atoms with van der Waals surface area (Å²) in [4.78, 5) is 22.3. The van der Waals surface area contributed by atoms with Crippen LogP contribution >= 0.6 is 18.2 Å². The third kappa shape index (κ3) is 5.03. The molecule has 1 aliphatic heterocycles. The lowest BCUT2D eigenvalue weighted by atomic mass is 10.1. The summed E-state index contributed by atoms with van der Waals surface area (Å²) in [7, 11) is 5.92. The number of rotatable bonds is 7. The van der Waals surface area contributed by atoms with Crippen molar-refractivity contribution in [2.24, 2.45) is 0 Å². The Hall–Kier alpha value is -2.55. The predicted molar refractivity (Wildman–Crippen MR) is 120 cm³/mol. The average Bonchev–Trinajstić information content (AvgIpc) is 3.11. The van der Waals surface area contributed by atoms with E-state index in [-0.39, 0.29) is 47.3 Å². The Bertz CT molecular complexity index is 1230. The van der Waals surface area contributed by atoms with Crippen molar-refractivity contribution < 1.29 is 28.7 Å². The number of non-ortho nitro benzene ring substituents is 1. The number of nitro groups is 1. The van der Waals surface area contributed by atoms with Crippen molar-refractivity contribution in [1.29, 1.82) is 0 Å². The minimum absolute atomic E-state index is 0.0218. The van der Waals surface area contributed by atoms with Crippen LogP contribution < -0.4 is 11.5 Å². The van der Waals surface area contributed by atoms with Crippen LogP contribution in [0.4, 0.5) is 11.5 Å². The number of aliphatic hydroxyl groups is 2. The van der Waals surface area contributed by atoms with Crippen LogP contribution in [0.1, 0.15) is 5.56 Å². The molecule has 0 saturated carbocycles. The van der Waals surface area contributed by atoms with Crippen molar-refractivity contribution in [1.82, 2.24) is 19.5 Å². The fourth-order valence-corrected chi connectivity index (χ4v) is 6.63. The van der Waals surface area contributed by atoms with E-state index in [1.54, 1.807) is 0 Å². The summed E-state index contributed by atoms with van der Waals surface area (Å²) in [5.41, 5.74) is 6.94. The standard InChI is InChI=1S/C17H18BN6O7PS/c18-17-22-13-15(19)20-8-21-16(13)23(17)5-11(25)14-12(26)6-30-32(29,31-14)33-7-9-1-3-10(4-2-9)24(27)28/h1-4,8,11-12,14,25-26H,5-7H2,(H2,19,20,21). The van der Waals surface area contributed by atoms with Gasteiger partial charge in [0, 0.05) is 17.9 Å². The van der Waals surface area contributed by atoms with Gasteiger partial charge in [-0.2, -0.15) is 0 Å². The van der Waals surface area contributed by atoms with Crippen LogP contribution in [-0.4, -0.2) is 67.4 Å². The highest BCUT2D eigenvalue weighted by Gasteiger charge is 2.43. The number of nitrogens with two attached hydrogens (primary N) is 1. The lowest BCUT2D eigenvalue weighted by Crippen LogP contribution is -2.46. The number of benzene rings is 1. The van der Waals surface area contributed by atoms with Crippen LogP contribution in [0, 0.1) is 10.1 Å². The summed E-state index contributed by atoms with van der Waals surface area (Å²) in [5.74, 6) is 0.290. The van der Waals surface area contributed by atoms with Gasteiger partial charge in [-0.05, 0) is 16.9 Å². The van der Waals surface area contributed by atoms with Gasteiger partial charge in [-0.25, -0.2) is 19.5 Å². The second-order valence-corrected chi connectivity index (χ2v) is 11.2. The highest BCUT2D eigenvalue weighted by molar-refractivity contribution is 8.54. The Labute approximate surface area is 192 Å². The molecule has 0 spiro atoms. The summed E-state index contributed by atoms with van der Waals surface area (Å²) in [6, 6.07) is 5.73. The molecule has 4 unspecified atom stereocenters. The molecule has 4 rings (SSSR count). The van der Waals surface area contributed by atoms with Crippen molar-refractivity contribution in [2.45, 2.75) is 30.6 Å². The number of nitro benzene ring substituents is 1. The maximum Gasteiger partial charge on any atom is 0.389 e. The van der Waals surface area contributed by atoms with Crippen LogP contribution in [0.25, 0.3) is 11.2 Å². The molecule has 16 heteroatoms. The van der Waals surface area contributed by atoms with E-state index in [0.717, 1.165) is 11.4 Å². The van der Waals surface area contributed by atoms with Crippen molar-refractivity contribution >= 4 is 54.4 Å². The molecular weight excluding hydrogens is 474 g/mol. The largest absolute Gasteiger partial charge is 0.389 e. The summed E-state index contributed by atoms with van der Waals surface area (Å²) in [6.45, 7) is -4.24. The maximum absolute atomic E-state index is 13.1. The fourth-order valence-electron chi connectivity index (χ4n) is 3.22. The zero-order valence-corrected chi connectivity index (χ0v) is 18.6. The second-order valence-electron chi connectivity index (χ2n) is 7.16. The molecule has 172 valence electrons. The molecule has 0 aliphatic carbocycles. The van der Waals surface area contributed by atoms with E-state index in [2.05, 4.69) is 15.0 Å². The minimum Gasteiger partial charge on any atom is -0.388 e. The van der Waals surface area contributed by atoms with Gasteiger partial charge in [0.05, 0.1) is 23.8 Å². The van der Waals surface area contributed by atoms with Gasteiger partial charge in [0.15, 0.2) is 19.3 Å². The first kappa shape index (κ1) is 23.6. The Morgan fingerprint density at radius 3 is 2.82 bits per heavy atom. The molecule has 3 heterocycles. The minimum atomic E-state index is -3.75. The Morgan fingerprint density at radius 2 is 2.12 bits per heavy atom. The Kier molecular flexibility index (Phi) is 6.70. The molecule has 2 aromatic heterocycles. The first-order valence-electron chi connectivity index (χ1n) is 9.56. The van der Waals surface area contributed by atoms with Gasteiger partial charge in [0.1, 0.15) is 30.2 Å². The van der Waals surface area contributed by atoms with E-state index >= 15 is 0 Å². The van der Waals surface area contributed by atoms with Crippen molar-refractivity contribution in [3.63, 3.8) is 0 Å². The topological polar surface area (TPSA) is 189 Å². The van der Waals surface area contributed by atoms with Gasteiger partial charge < -0.3 is 20.5 Å². The van der Waals surface area contributed by atoms with Gasteiger partial charge in [-0.3, -0.25) is 19.2 Å². The molecule has 1 saturated heterocycles. The lowest BCUT2D eigenvalue weighted by molar-refractivity contribution is -0.384. The molecule has 0 amide bonds. The van der Waals surface area contributed by atoms with E-state index in [1.165, 1.54) is 35.2 Å². The third-order valence-electron chi connectivity index (χ3n) is 4.91. The summed E-state index contributed by atoms with van der Waals surface area (Å²) < 4.78 is 25.2. The number of aromatic nitrogens is 4. The van der Waals surface area contributed by atoms with Crippen molar-refractivity contribution in [3.05, 3.63) is 46.3 Å². The average molecular weight is 492 g/mol. The number of aliphatic hydroxyl groups excluding tert-OH is 2. The highest BCUT2D eigenvalue weighted by Crippen LogP contribution is 2.64. The molecular formula is C17H18BN6O7PS. The first-order chi connectivity index (χ1) is 15.7. The van der Waals surface area contributed by atoms with E-state index < -0.39 is 30.0 Å². The van der Waals surface area contributed by atoms with Crippen LogP contribution in [0.5, 0.6) is 0 Å². The molecule has 3 aromatic rings. The van der Waals surface area contributed by atoms with Crippen LogP contribution in [0.15, 0.2) is 30.6 Å². The number of nitrogen functional groups attached to an aromatic ring is 1. The molecule has 1 aliphatic rings. The first-order valence-corrected chi connectivity index (χ1v) is 12.7. The Balaban J connectivity index is 1.45. The highest BCUT2D eigenvalue weighted by atomic mass is 32.7. The van der Waals surface area contributed by atoms with Crippen LogP contribution in [0.2, 0.25) is 0 Å². The smallest absolute Gasteiger partial charge is 0.388 e. The molecule has 2 radical (unpaired) electrons. The number of hydrogen-bond acceptors (Lipinski definition) is 12. The summed E-state index contributed by atoms with van der Waals surface area (Å²) in [6.07, 6.45) is -2.61. The van der Waals surface area contributed by atoms with Crippen molar-refractivity contribution in [3.8, 4) is 0 Å². The second kappa shape index (κ2) is 9.37. The molecule has 0 bridgehead atoms. The van der Waals surface area contributed by atoms with Gasteiger partial charge in [-0.15, -0.1) is 0 Å². The van der Waals surface area contributed by atoms with Gasteiger partial charge in [0.25, 0.3) is 5.69 Å². The van der Waals surface area contributed by atoms with Gasteiger partial charge >= 0.3 is 6.80 Å². The molecule has 33 heavy (non-hydrogen) atoms. The van der Waals surface area contributed by atoms with Gasteiger partial charge in [-0.1, -0.05) is 12.1 Å². The van der Waals surface area contributed by atoms with E-state index in [1.807, 2.05) is 0 Å². The Morgan fingerprint density at radius 1 is 1.39 bits per heavy atom. The van der Waals surface area contributed by atoms with E-state index in [4.69, 9.17) is 22.6 Å². The predicted octanol–water partition coefficient (Wildman–Crippen LogP) is 0.289. The number of nitrogens with zero attached hydrogens (tertiary/aromatic N) is 5. The fraction of sp³-hybridized carbons (Fsp3) is 0.353. The van der Waals surface area contributed by atoms with Crippen molar-refractivity contribution in [2.75, 3.05) is 12.3 Å². The zero-order valence-electron chi connectivity index (χ0n) is 16.9. The van der Waals surface area contributed by atoms with E-state index in [9.17, 15) is 24.9 Å². The third-order valence-corrected chi connectivity index (χ3v) is 8.56. The molecule has 4 N–H and O–H groups in total. The molecule has 13 nitrogen and oxygen atoms in total. The van der Waals surface area contributed by atoms with Gasteiger partial charge in [0.2, 0.25) is 0 Å². The quantitative estimate of drug-likeness (QED) is 0.177. The zero-order chi connectivity index (χ0) is 23.8. The normalized spacial score (nSPS) is 24.1. The number of imidazole rings is 1.